The molecule has 1 aromatic heterocycles. The van der Waals surface area contributed by atoms with E-state index in [0.717, 1.165) is 4.68 Å². The average molecular weight is 372 g/mol. The molecule has 1 amide bonds. The summed E-state index contributed by atoms with van der Waals surface area (Å²) in [6.07, 6.45) is 0. The van der Waals surface area contributed by atoms with Gasteiger partial charge in [-0.3, -0.25) is 9.59 Å². The van der Waals surface area contributed by atoms with E-state index in [2.05, 4.69) is 10.4 Å². The molecule has 26 heavy (non-hydrogen) atoms. The van der Waals surface area contributed by atoms with Crippen LogP contribution in [0.5, 0.6) is 0 Å². The van der Waals surface area contributed by atoms with E-state index >= 15 is 0 Å². The summed E-state index contributed by atoms with van der Waals surface area (Å²) in [5.74, 6) is -0.793. The molecule has 2 aromatic carbocycles. The summed E-state index contributed by atoms with van der Waals surface area (Å²) in [6, 6.07) is 14.5. The van der Waals surface area contributed by atoms with Gasteiger partial charge in [0.25, 0.3) is 5.56 Å². The molecule has 3 aromatic rings. The Morgan fingerprint density at radius 1 is 1.12 bits per heavy atom. The summed E-state index contributed by atoms with van der Waals surface area (Å²) in [6.45, 7) is 1.56. The lowest BCUT2D eigenvalue weighted by molar-refractivity contribution is -0.119. The normalized spacial score (nSPS) is 11.8. The van der Waals surface area contributed by atoms with Crippen molar-refractivity contribution in [3.63, 3.8) is 0 Å². The van der Waals surface area contributed by atoms with Crippen LogP contribution in [0.15, 0.2) is 65.5 Å². The van der Waals surface area contributed by atoms with E-state index in [-0.39, 0.29) is 5.82 Å². The summed E-state index contributed by atoms with van der Waals surface area (Å²) in [7, 11) is 0. The predicted molar refractivity (Wildman–Crippen MR) is 98.7 cm³/mol. The first-order valence-electron chi connectivity index (χ1n) is 7.87. The van der Waals surface area contributed by atoms with Crippen LogP contribution in [0, 0.1) is 5.82 Å². The summed E-state index contributed by atoms with van der Waals surface area (Å²) in [5, 5.41) is 7.32. The highest BCUT2D eigenvalue weighted by Crippen LogP contribution is 2.22. The van der Waals surface area contributed by atoms with Crippen LogP contribution in [0.2, 0.25) is 5.02 Å². The molecule has 7 heteroatoms. The molecule has 1 N–H and O–H groups in total. The van der Waals surface area contributed by atoms with Crippen LogP contribution < -0.4 is 10.9 Å². The molecule has 3 rings (SSSR count). The molecule has 1 heterocycles. The Morgan fingerprint density at radius 3 is 2.50 bits per heavy atom. The summed E-state index contributed by atoms with van der Waals surface area (Å²) in [4.78, 5) is 24.6. The third kappa shape index (κ3) is 3.81. The van der Waals surface area contributed by atoms with E-state index in [9.17, 15) is 14.0 Å². The highest BCUT2D eigenvalue weighted by Gasteiger charge is 2.19. The molecule has 5 nitrogen and oxygen atoms in total. The second kappa shape index (κ2) is 7.49. The molecule has 0 aliphatic carbocycles. The number of carbonyl (C=O) groups is 1. The minimum Gasteiger partial charge on any atom is -0.323 e. The van der Waals surface area contributed by atoms with Crippen LogP contribution in [0.4, 0.5) is 10.1 Å². The lowest BCUT2D eigenvalue weighted by atomic mass is 10.1. The van der Waals surface area contributed by atoms with Gasteiger partial charge < -0.3 is 5.32 Å². The van der Waals surface area contributed by atoms with Crippen molar-refractivity contribution in [3.8, 4) is 11.3 Å². The highest BCUT2D eigenvalue weighted by molar-refractivity contribution is 6.33. The van der Waals surface area contributed by atoms with Gasteiger partial charge in [-0.2, -0.15) is 5.10 Å². The van der Waals surface area contributed by atoms with Crippen molar-refractivity contribution in [3.05, 3.63) is 81.9 Å². The molecule has 1 atom stereocenters. The topological polar surface area (TPSA) is 64.0 Å². The van der Waals surface area contributed by atoms with Crippen LogP contribution in [0.1, 0.15) is 13.0 Å². The number of nitrogens with zero attached hydrogens (tertiary/aromatic N) is 2. The second-order valence-corrected chi connectivity index (χ2v) is 6.06. The summed E-state index contributed by atoms with van der Waals surface area (Å²) < 4.78 is 14.2. The van der Waals surface area contributed by atoms with Crippen molar-refractivity contribution in [2.45, 2.75) is 13.0 Å². The van der Waals surface area contributed by atoms with Crippen molar-refractivity contribution in [1.29, 1.82) is 0 Å². The van der Waals surface area contributed by atoms with Gasteiger partial charge in [0, 0.05) is 11.6 Å². The van der Waals surface area contributed by atoms with Crippen LogP contribution in [0.25, 0.3) is 11.3 Å². The van der Waals surface area contributed by atoms with E-state index in [1.165, 1.54) is 24.3 Å². The predicted octanol–water partition coefficient (Wildman–Crippen LogP) is 3.90. The van der Waals surface area contributed by atoms with Crippen LogP contribution >= 0.6 is 11.6 Å². The molecule has 132 valence electrons. The molecular weight excluding hydrogens is 357 g/mol. The van der Waals surface area contributed by atoms with Gasteiger partial charge in [0.2, 0.25) is 5.91 Å². The van der Waals surface area contributed by atoms with Crippen molar-refractivity contribution >= 4 is 23.2 Å². The quantitative estimate of drug-likeness (QED) is 0.756. The van der Waals surface area contributed by atoms with Gasteiger partial charge in [0.15, 0.2) is 0 Å². The minimum atomic E-state index is -0.862. The van der Waals surface area contributed by atoms with Crippen molar-refractivity contribution in [1.82, 2.24) is 9.78 Å². The summed E-state index contributed by atoms with van der Waals surface area (Å²) >= 11 is 6.04. The standard InChI is InChI=1S/C19H15ClFN3O2/c1-12(19(26)22-17-5-3-2-4-15(17)20)24-18(25)11-10-16(23-24)13-6-8-14(21)9-7-13/h2-12H,1H3,(H,22,26). The van der Waals surface area contributed by atoms with Crippen molar-refractivity contribution in [2.75, 3.05) is 5.32 Å². The number of aromatic nitrogens is 2. The zero-order valence-electron chi connectivity index (χ0n) is 13.8. The van der Waals surface area contributed by atoms with Gasteiger partial charge in [0.1, 0.15) is 11.9 Å². The zero-order valence-corrected chi connectivity index (χ0v) is 14.6. The SMILES string of the molecule is CC(C(=O)Nc1ccccc1Cl)n1nc(-c2ccc(F)cc2)ccc1=O. The smallest absolute Gasteiger partial charge is 0.267 e. The number of amides is 1. The lowest BCUT2D eigenvalue weighted by Crippen LogP contribution is -2.33. The van der Waals surface area contributed by atoms with E-state index in [0.29, 0.717) is 22.0 Å². The highest BCUT2D eigenvalue weighted by atomic mass is 35.5. The number of para-hydroxylation sites is 1. The Labute approximate surface area is 154 Å². The molecule has 0 aliphatic heterocycles. The first-order valence-corrected chi connectivity index (χ1v) is 8.25. The number of hydrogen-bond acceptors (Lipinski definition) is 3. The van der Waals surface area contributed by atoms with Crippen LogP contribution in [-0.2, 0) is 4.79 Å². The number of halogens is 2. The maximum Gasteiger partial charge on any atom is 0.267 e. The largest absolute Gasteiger partial charge is 0.323 e. The second-order valence-electron chi connectivity index (χ2n) is 5.65. The number of benzene rings is 2. The molecule has 0 spiro atoms. The van der Waals surface area contributed by atoms with Crippen LogP contribution in [-0.4, -0.2) is 15.7 Å². The molecule has 1 unspecified atom stereocenters. The maximum atomic E-state index is 13.1. The fourth-order valence-electron chi connectivity index (χ4n) is 2.39. The van der Waals surface area contributed by atoms with Gasteiger partial charge in [-0.05, 0) is 49.4 Å². The van der Waals surface area contributed by atoms with Gasteiger partial charge in [-0.1, -0.05) is 23.7 Å². The van der Waals surface area contributed by atoms with Gasteiger partial charge >= 0.3 is 0 Å². The molecule has 0 saturated carbocycles. The Balaban J connectivity index is 1.89. The van der Waals surface area contributed by atoms with E-state index < -0.39 is 17.5 Å². The van der Waals surface area contributed by atoms with Crippen molar-refractivity contribution in [2.24, 2.45) is 0 Å². The van der Waals surface area contributed by atoms with E-state index in [4.69, 9.17) is 11.6 Å². The Hall–Kier alpha value is -2.99. The van der Waals surface area contributed by atoms with Gasteiger partial charge in [0.05, 0.1) is 16.4 Å². The number of nitrogens with one attached hydrogen (secondary N) is 1. The first-order chi connectivity index (χ1) is 12.5. The Morgan fingerprint density at radius 2 is 1.81 bits per heavy atom. The third-order valence-electron chi connectivity index (χ3n) is 3.84. The number of hydrogen-bond donors (Lipinski definition) is 1. The van der Waals surface area contributed by atoms with Crippen molar-refractivity contribution < 1.29 is 9.18 Å². The first kappa shape index (κ1) is 17.8. The number of rotatable bonds is 4. The van der Waals surface area contributed by atoms with Crippen LogP contribution in [0.3, 0.4) is 0 Å². The molecule has 0 fully saturated rings. The minimum absolute atomic E-state index is 0.366. The monoisotopic (exact) mass is 371 g/mol. The Kier molecular flexibility index (Phi) is 5.14. The zero-order chi connectivity index (χ0) is 18.7. The lowest BCUT2D eigenvalue weighted by Gasteiger charge is -2.15. The average Bonchev–Trinajstić information content (AvgIpc) is 2.64. The molecule has 0 saturated heterocycles. The summed E-state index contributed by atoms with van der Waals surface area (Å²) in [5.41, 5.74) is 1.13. The Bertz CT molecular complexity index is 1000. The maximum absolute atomic E-state index is 13.1. The van der Waals surface area contributed by atoms with Gasteiger partial charge in [-0.15, -0.1) is 0 Å². The number of carbonyl (C=O) groups excluding carboxylic acids is 1. The van der Waals surface area contributed by atoms with E-state index in [1.54, 1.807) is 43.3 Å². The molecule has 0 bridgehead atoms. The van der Waals surface area contributed by atoms with Gasteiger partial charge in [-0.25, -0.2) is 9.07 Å². The molecule has 0 radical (unpaired) electrons. The molecular formula is C19H15ClFN3O2. The fraction of sp³-hybridized carbons (Fsp3) is 0.105. The molecule has 0 aliphatic rings. The van der Waals surface area contributed by atoms with E-state index in [1.807, 2.05) is 0 Å². The third-order valence-corrected chi connectivity index (χ3v) is 4.17. The fourth-order valence-corrected chi connectivity index (χ4v) is 2.57. The number of anilines is 1.